The number of nitrogens with zero attached hydrogens (tertiary/aromatic N) is 5. The van der Waals surface area contributed by atoms with Gasteiger partial charge in [0.2, 0.25) is 11.7 Å². The first-order valence-corrected chi connectivity index (χ1v) is 9.12. The molecule has 136 valence electrons. The van der Waals surface area contributed by atoms with Crippen LogP contribution in [0.5, 0.6) is 0 Å². The Balaban J connectivity index is 1.81. The molecule has 0 spiro atoms. The maximum absolute atomic E-state index is 5.88. The van der Waals surface area contributed by atoms with E-state index in [0.717, 1.165) is 35.4 Å². The van der Waals surface area contributed by atoms with Crippen molar-refractivity contribution in [2.75, 3.05) is 18.0 Å². The highest BCUT2D eigenvalue weighted by Gasteiger charge is 2.18. The van der Waals surface area contributed by atoms with E-state index in [1.807, 2.05) is 55.5 Å². The zero-order chi connectivity index (χ0) is 18.8. The molecule has 2 aromatic heterocycles. The summed E-state index contributed by atoms with van der Waals surface area (Å²) in [5.74, 6) is 2.12. The SMILES string of the molecule is CCN(CC)c1nc(-c2nnc(-c3ccc(C)cc3)o2)nc2ccccc12. The van der Waals surface area contributed by atoms with Gasteiger partial charge in [-0.3, -0.25) is 0 Å². The third-order valence-corrected chi connectivity index (χ3v) is 4.56. The molecule has 0 atom stereocenters. The minimum atomic E-state index is 0.324. The molecule has 6 nitrogen and oxygen atoms in total. The van der Waals surface area contributed by atoms with Gasteiger partial charge in [-0.1, -0.05) is 29.8 Å². The Morgan fingerprint density at radius 2 is 1.56 bits per heavy atom. The standard InChI is InChI=1S/C21H21N5O/c1-4-26(5-2)19-16-8-6-7-9-17(16)22-18(23-19)21-25-24-20(27-21)15-12-10-14(3)11-13-15/h6-13H,4-5H2,1-3H3. The molecule has 0 saturated heterocycles. The molecule has 4 aromatic rings. The number of para-hydroxylation sites is 1. The molecule has 0 aliphatic rings. The second kappa shape index (κ2) is 7.15. The van der Waals surface area contributed by atoms with Crippen molar-refractivity contribution in [3.05, 3.63) is 54.1 Å². The van der Waals surface area contributed by atoms with Crippen LogP contribution in [0.4, 0.5) is 5.82 Å². The second-order valence-electron chi connectivity index (χ2n) is 6.34. The van der Waals surface area contributed by atoms with Crippen molar-refractivity contribution in [3.8, 4) is 23.2 Å². The molecule has 0 unspecified atom stereocenters. The van der Waals surface area contributed by atoms with Crippen LogP contribution in [0.15, 0.2) is 52.9 Å². The van der Waals surface area contributed by atoms with Crippen molar-refractivity contribution in [3.63, 3.8) is 0 Å². The number of anilines is 1. The van der Waals surface area contributed by atoms with Crippen LogP contribution in [0.3, 0.4) is 0 Å². The van der Waals surface area contributed by atoms with E-state index >= 15 is 0 Å². The number of aromatic nitrogens is 4. The van der Waals surface area contributed by atoms with Gasteiger partial charge in [-0.2, -0.15) is 0 Å². The van der Waals surface area contributed by atoms with E-state index < -0.39 is 0 Å². The van der Waals surface area contributed by atoms with Gasteiger partial charge in [-0.25, -0.2) is 9.97 Å². The van der Waals surface area contributed by atoms with E-state index in [2.05, 4.69) is 33.9 Å². The summed E-state index contributed by atoms with van der Waals surface area (Å²) in [6, 6.07) is 16.0. The van der Waals surface area contributed by atoms with Gasteiger partial charge < -0.3 is 9.32 Å². The lowest BCUT2D eigenvalue weighted by Gasteiger charge is -2.21. The molecular weight excluding hydrogens is 338 g/mol. The first kappa shape index (κ1) is 17.1. The zero-order valence-electron chi connectivity index (χ0n) is 15.7. The summed E-state index contributed by atoms with van der Waals surface area (Å²) in [6.45, 7) is 7.98. The Morgan fingerprint density at radius 3 is 2.30 bits per heavy atom. The van der Waals surface area contributed by atoms with E-state index in [-0.39, 0.29) is 0 Å². The van der Waals surface area contributed by atoms with Crippen LogP contribution in [0, 0.1) is 6.92 Å². The highest BCUT2D eigenvalue weighted by atomic mass is 16.4. The highest BCUT2D eigenvalue weighted by molar-refractivity contribution is 5.90. The quantitative estimate of drug-likeness (QED) is 0.522. The van der Waals surface area contributed by atoms with Crippen LogP contribution < -0.4 is 4.90 Å². The first-order valence-electron chi connectivity index (χ1n) is 9.12. The van der Waals surface area contributed by atoms with Gasteiger partial charge >= 0.3 is 0 Å². The van der Waals surface area contributed by atoms with E-state index in [0.29, 0.717) is 17.6 Å². The summed E-state index contributed by atoms with van der Waals surface area (Å²) >= 11 is 0. The normalized spacial score (nSPS) is 11.1. The largest absolute Gasteiger partial charge is 0.413 e. The second-order valence-corrected chi connectivity index (χ2v) is 6.34. The van der Waals surface area contributed by atoms with Gasteiger partial charge in [0.25, 0.3) is 5.89 Å². The lowest BCUT2D eigenvalue weighted by molar-refractivity contribution is 0.579. The summed E-state index contributed by atoms with van der Waals surface area (Å²) in [4.78, 5) is 11.6. The third-order valence-electron chi connectivity index (χ3n) is 4.56. The summed E-state index contributed by atoms with van der Waals surface area (Å²) in [5, 5.41) is 9.38. The topological polar surface area (TPSA) is 67.9 Å². The smallest absolute Gasteiger partial charge is 0.286 e. The Labute approximate surface area is 157 Å². The van der Waals surface area contributed by atoms with Crippen LogP contribution >= 0.6 is 0 Å². The van der Waals surface area contributed by atoms with E-state index in [1.165, 1.54) is 5.56 Å². The predicted molar refractivity (Wildman–Crippen MR) is 107 cm³/mol. The van der Waals surface area contributed by atoms with Gasteiger partial charge in [0, 0.05) is 24.0 Å². The van der Waals surface area contributed by atoms with Gasteiger partial charge in [0.15, 0.2) is 0 Å². The number of benzene rings is 2. The lowest BCUT2D eigenvalue weighted by Crippen LogP contribution is -2.23. The molecule has 0 amide bonds. The van der Waals surface area contributed by atoms with E-state index in [9.17, 15) is 0 Å². The van der Waals surface area contributed by atoms with Gasteiger partial charge in [-0.15, -0.1) is 10.2 Å². The first-order chi connectivity index (χ1) is 13.2. The number of aryl methyl sites for hydroxylation is 1. The molecular formula is C21H21N5O. The molecule has 0 aliphatic heterocycles. The highest BCUT2D eigenvalue weighted by Crippen LogP contribution is 2.28. The summed E-state index contributed by atoms with van der Waals surface area (Å²) in [7, 11) is 0. The molecule has 0 bridgehead atoms. The molecule has 0 N–H and O–H groups in total. The van der Waals surface area contributed by atoms with Gasteiger partial charge in [0.1, 0.15) is 5.82 Å². The number of fused-ring (bicyclic) bond motifs is 1. The van der Waals surface area contributed by atoms with Crippen LogP contribution in [0.25, 0.3) is 34.1 Å². The van der Waals surface area contributed by atoms with Gasteiger partial charge in [-0.05, 0) is 45.0 Å². The van der Waals surface area contributed by atoms with E-state index in [1.54, 1.807) is 0 Å². The van der Waals surface area contributed by atoms with Crippen LogP contribution in [-0.4, -0.2) is 33.3 Å². The third kappa shape index (κ3) is 3.26. The average molecular weight is 359 g/mol. The van der Waals surface area contributed by atoms with Crippen LogP contribution in [0.2, 0.25) is 0 Å². The van der Waals surface area contributed by atoms with Crippen molar-refractivity contribution in [2.45, 2.75) is 20.8 Å². The van der Waals surface area contributed by atoms with Crippen LogP contribution in [-0.2, 0) is 0 Å². The number of hydrogen-bond acceptors (Lipinski definition) is 6. The molecule has 0 fully saturated rings. The summed E-state index contributed by atoms with van der Waals surface area (Å²) in [6.07, 6.45) is 0. The fourth-order valence-electron chi connectivity index (χ4n) is 3.05. The maximum atomic E-state index is 5.88. The molecule has 2 aromatic carbocycles. The monoisotopic (exact) mass is 359 g/mol. The average Bonchev–Trinajstić information content (AvgIpc) is 3.19. The fourth-order valence-corrected chi connectivity index (χ4v) is 3.05. The van der Waals surface area contributed by atoms with Crippen molar-refractivity contribution >= 4 is 16.7 Å². The molecule has 2 heterocycles. The fraction of sp³-hybridized carbons (Fsp3) is 0.238. The molecule has 4 rings (SSSR count). The maximum Gasteiger partial charge on any atom is 0.286 e. The molecule has 27 heavy (non-hydrogen) atoms. The minimum Gasteiger partial charge on any atom is -0.413 e. The number of hydrogen-bond donors (Lipinski definition) is 0. The Morgan fingerprint density at radius 1 is 0.852 bits per heavy atom. The predicted octanol–water partition coefficient (Wildman–Crippen LogP) is 4.50. The van der Waals surface area contributed by atoms with Crippen molar-refractivity contribution in [1.82, 2.24) is 20.2 Å². The van der Waals surface area contributed by atoms with Crippen molar-refractivity contribution < 1.29 is 4.42 Å². The van der Waals surface area contributed by atoms with E-state index in [4.69, 9.17) is 9.40 Å². The Bertz CT molecular complexity index is 1070. The van der Waals surface area contributed by atoms with Gasteiger partial charge in [0.05, 0.1) is 5.52 Å². The molecule has 0 aliphatic carbocycles. The lowest BCUT2D eigenvalue weighted by atomic mass is 10.1. The van der Waals surface area contributed by atoms with Crippen LogP contribution in [0.1, 0.15) is 19.4 Å². The molecule has 6 heteroatoms. The number of rotatable bonds is 5. The zero-order valence-corrected chi connectivity index (χ0v) is 15.7. The Hall–Kier alpha value is -3.28. The molecule has 0 radical (unpaired) electrons. The van der Waals surface area contributed by atoms with Crippen molar-refractivity contribution in [2.24, 2.45) is 0 Å². The summed E-state index contributed by atoms with van der Waals surface area (Å²) in [5.41, 5.74) is 2.92. The summed E-state index contributed by atoms with van der Waals surface area (Å²) < 4.78 is 5.88. The minimum absolute atomic E-state index is 0.324. The molecule has 0 saturated carbocycles. The van der Waals surface area contributed by atoms with Crippen molar-refractivity contribution in [1.29, 1.82) is 0 Å². The Kier molecular flexibility index (Phi) is 4.54.